The Labute approximate surface area is 163 Å². The standard InChI is InChI=1S/C19H36N2O5S/c1-14(2)15-6-8-16(9-7-15)26-13-18-17(20-27(3,24)25)5-4-11-21(18)19(23)10-12-22/h14-18,20,22H,4-13H2,1-3H3/t15?,16?,17-,18-/m0/s1. The van der Waals surface area contributed by atoms with E-state index in [1.807, 2.05) is 0 Å². The molecule has 2 fully saturated rings. The van der Waals surface area contributed by atoms with E-state index in [1.54, 1.807) is 4.90 Å². The lowest BCUT2D eigenvalue weighted by Gasteiger charge is -2.42. The number of likely N-dealkylation sites (tertiary alicyclic amines) is 1. The molecule has 1 aliphatic carbocycles. The van der Waals surface area contributed by atoms with Crippen LogP contribution in [-0.4, -0.2) is 68.5 Å². The molecule has 0 radical (unpaired) electrons. The van der Waals surface area contributed by atoms with Crippen molar-refractivity contribution in [3.8, 4) is 0 Å². The van der Waals surface area contributed by atoms with Gasteiger partial charge in [-0.15, -0.1) is 0 Å². The fourth-order valence-corrected chi connectivity index (χ4v) is 5.21. The number of hydrogen-bond acceptors (Lipinski definition) is 5. The maximum atomic E-state index is 12.4. The number of aliphatic hydroxyl groups excluding tert-OH is 1. The number of sulfonamides is 1. The Hall–Kier alpha value is -0.700. The van der Waals surface area contributed by atoms with Crippen LogP contribution in [0.1, 0.15) is 58.8 Å². The Morgan fingerprint density at radius 1 is 1.22 bits per heavy atom. The molecular weight excluding hydrogens is 368 g/mol. The number of nitrogens with one attached hydrogen (secondary N) is 1. The van der Waals surface area contributed by atoms with Crippen molar-refractivity contribution in [3.63, 3.8) is 0 Å². The molecule has 0 aromatic carbocycles. The molecule has 2 aliphatic rings. The first kappa shape index (κ1) is 22.6. The van der Waals surface area contributed by atoms with Gasteiger partial charge in [-0.2, -0.15) is 0 Å². The Kier molecular flexibility index (Phi) is 8.52. The van der Waals surface area contributed by atoms with Gasteiger partial charge in [-0.05, 0) is 50.4 Å². The van der Waals surface area contributed by atoms with E-state index in [2.05, 4.69) is 18.6 Å². The second-order valence-electron chi connectivity index (χ2n) is 8.38. The topological polar surface area (TPSA) is 95.9 Å². The van der Waals surface area contributed by atoms with E-state index in [9.17, 15) is 13.2 Å². The largest absolute Gasteiger partial charge is 0.396 e. The normalized spacial score (nSPS) is 29.9. The third kappa shape index (κ3) is 7.00. The van der Waals surface area contributed by atoms with E-state index >= 15 is 0 Å². The molecule has 2 rings (SSSR count). The van der Waals surface area contributed by atoms with Gasteiger partial charge in [0.25, 0.3) is 0 Å². The number of piperidine rings is 1. The smallest absolute Gasteiger partial charge is 0.225 e. The van der Waals surface area contributed by atoms with E-state index in [0.717, 1.165) is 44.3 Å². The zero-order chi connectivity index (χ0) is 20.0. The second-order valence-corrected chi connectivity index (χ2v) is 10.2. The van der Waals surface area contributed by atoms with Crippen molar-refractivity contribution in [3.05, 3.63) is 0 Å². The second kappa shape index (κ2) is 10.2. The number of hydrogen-bond donors (Lipinski definition) is 2. The number of amides is 1. The minimum absolute atomic E-state index is 0.0571. The molecule has 0 spiro atoms. The summed E-state index contributed by atoms with van der Waals surface area (Å²) in [7, 11) is -3.37. The third-order valence-corrected chi connectivity index (χ3v) is 6.69. The molecule has 158 valence electrons. The molecular formula is C19H36N2O5S. The summed E-state index contributed by atoms with van der Waals surface area (Å²) in [6, 6.07) is -0.668. The van der Waals surface area contributed by atoms with Crippen LogP contribution in [0.25, 0.3) is 0 Å². The van der Waals surface area contributed by atoms with Gasteiger partial charge in [0.1, 0.15) is 0 Å². The molecule has 1 heterocycles. The molecule has 0 aromatic heterocycles. The summed E-state index contributed by atoms with van der Waals surface area (Å²) in [5, 5.41) is 9.12. The van der Waals surface area contributed by atoms with Crippen LogP contribution < -0.4 is 4.72 Å². The van der Waals surface area contributed by atoms with Crippen LogP contribution in [0, 0.1) is 11.8 Å². The first-order chi connectivity index (χ1) is 12.7. The summed E-state index contributed by atoms with van der Waals surface area (Å²) in [5.41, 5.74) is 0. The lowest BCUT2D eigenvalue weighted by Crippen LogP contribution is -2.59. The lowest BCUT2D eigenvalue weighted by molar-refractivity contribution is -0.139. The lowest BCUT2D eigenvalue weighted by atomic mass is 9.80. The van der Waals surface area contributed by atoms with Crippen molar-refractivity contribution < 1.29 is 23.1 Å². The van der Waals surface area contributed by atoms with Gasteiger partial charge in [-0.1, -0.05) is 13.8 Å². The molecule has 2 N–H and O–H groups in total. The van der Waals surface area contributed by atoms with Gasteiger partial charge in [0.2, 0.25) is 15.9 Å². The molecule has 0 bridgehead atoms. The van der Waals surface area contributed by atoms with E-state index in [0.29, 0.717) is 25.5 Å². The molecule has 27 heavy (non-hydrogen) atoms. The van der Waals surface area contributed by atoms with Crippen molar-refractivity contribution in [2.75, 3.05) is 26.0 Å². The molecule has 2 atom stereocenters. The number of aliphatic hydroxyl groups is 1. The van der Waals surface area contributed by atoms with Gasteiger partial charge in [-0.25, -0.2) is 13.1 Å². The summed E-state index contributed by atoms with van der Waals surface area (Å²) < 4.78 is 32.4. The van der Waals surface area contributed by atoms with Crippen molar-refractivity contribution in [1.29, 1.82) is 0 Å². The summed E-state index contributed by atoms with van der Waals surface area (Å²) in [6.07, 6.45) is 7.15. The van der Waals surface area contributed by atoms with Crippen LogP contribution in [0.15, 0.2) is 0 Å². The number of rotatable bonds is 8. The van der Waals surface area contributed by atoms with Crippen LogP contribution >= 0.6 is 0 Å². The predicted octanol–water partition coefficient (Wildman–Crippen LogP) is 1.51. The Morgan fingerprint density at radius 3 is 2.44 bits per heavy atom. The zero-order valence-corrected chi connectivity index (χ0v) is 17.7. The van der Waals surface area contributed by atoms with E-state index in [1.165, 1.54) is 0 Å². The maximum Gasteiger partial charge on any atom is 0.225 e. The van der Waals surface area contributed by atoms with Crippen molar-refractivity contribution in [2.24, 2.45) is 11.8 Å². The summed E-state index contributed by atoms with van der Waals surface area (Å²) >= 11 is 0. The first-order valence-corrected chi connectivity index (χ1v) is 12.1. The van der Waals surface area contributed by atoms with Crippen molar-refractivity contribution in [2.45, 2.75) is 77.0 Å². The van der Waals surface area contributed by atoms with Crippen LogP contribution in [0.2, 0.25) is 0 Å². The highest BCUT2D eigenvalue weighted by molar-refractivity contribution is 7.88. The molecule has 1 amide bonds. The minimum Gasteiger partial charge on any atom is -0.396 e. The Morgan fingerprint density at radius 2 is 1.89 bits per heavy atom. The van der Waals surface area contributed by atoms with Crippen molar-refractivity contribution in [1.82, 2.24) is 9.62 Å². The number of nitrogens with zero attached hydrogens (tertiary/aromatic N) is 1. The van der Waals surface area contributed by atoms with Crippen LogP contribution in [0.5, 0.6) is 0 Å². The summed E-state index contributed by atoms with van der Waals surface area (Å²) in [5.74, 6) is 1.30. The van der Waals surface area contributed by atoms with Gasteiger partial charge in [-0.3, -0.25) is 4.79 Å². The highest BCUT2D eigenvalue weighted by atomic mass is 32.2. The Balaban J connectivity index is 2.00. The molecule has 1 saturated heterocycles. The molecule has 0 unspecified atom stereocenters. The quantitative estimate of drug-likeness (QED) is 0.639. The number of carbonyl (C=O) groups excluding carboxylic acids is 1. The molecule has 1 aliphatic heterocycles. The molecule has 7 nitrogen and oxygen atoms in total. The van der Waals surface area contributed by atoms with E-state index in [4.69, 9.17) is 9.84 Å². The van der Waals surface area contributed by atoms with Crippen LogP contribution in [0.4, 0.5) is 0 Å². The van der Waals surface area contributed by atoms with Gasteiger partial charge in [0.15, 0.2) is 0 Å². The van der Waals surface area contributed by atoms with E-state index < -0.39 is 10.0 Å². The monoisotopic (exact) mass is 404 g/mol. The summed E-state index contributed by atoms with van der Waals surface area (Å²) in [4.78, 5) is 14.1. The van der Waals surface area contributed by atoms with Gasteiger partial charge < -0.3 is 14.7 Å². The van der Waals surface area contributed by atoms with Crippen molar-refractivity contribution >= 4 is 15.9 Å². The highest BCUT2D eigenvalue weighted by Crippen LogP contribution is 2.31. The van der Waals surface area contributed by atoms with Gasteiger partial charge >= 0.3 is 0 Å². The SMILES string of the molecule is CC(C)C1CCC(OC[C@H]2[C@@H](NS(C)(=O)=O)CCCN2C(=O)CCO)CC1. The van der Waals surface area contributed by atoms with Crippen LogP contribution in [0.3, 0.4) is 0 Å². The zero-order valence-electron chi connectivity index (χ0n) is 16.9. The average molecular weight is 405 g/mol. The average Bonchev–Trinajstić information content (AvgIpc) is 2.59. The maximum absolute atomic E-state index is 12.4. The number of carbonyl (C=O) groups is 1. The van der Waals surface area contributed by atoms with Gasteiger partial charge in [0, 0.05) is 19.0 Å². The first-order valence-electron chi connectivity index (χ1n) is 10.2. The molecule has 1 saturated carbocycles. The highest BCUT2D eigenvalue weighted by Gasteiger charge is 2.36. The predicted molar refractivity (Wildman–Crippen MR) is 105 cm³/mol. The van der Waals surface area contributed by atoms with E-state index in [-0.39, 0.29) is 37.1 Å². The van der Waals surface area contributed by atoms with Gasteiger partial charge in [0.05, 0.1) is 31.6 Å². The third-order valence-electron chi connectivity index (χ3n) is 5.95. The molecule has 0 aromatic rings. The summed E-state index contributed by atoms with van der Waals surface area (Å²) in [6.45, 7) is 5.24. The number of ether oxygens (including phenoxy) is 1. The molecule has 8 heteroatoms. The fourth-order valence-electron chi connectivity index (χ4n) is 4.38. The van der Waals surface area contributed by atoms with Crippen LogP contribution in [-0.2, 0) is 19.6 Å². The fraction of sp³-hybridized carbons (Fsp3) is 0.947. The Bertz CT molecular complexity index is 573. The minimum atomic E-state index is -3.37.